The number of urea groups is 1. The first-order valence-corrected chi connectivity index (χ1v) is 9.51. The second-order valence-corrected chi connectivity index (χ2v) is 8.07. The Balaban J connectivity index is 1.40. The number of ether oxygens (including phenoxy) is 1. The van der Waals surface area contributed by atoms with Crippen LogP contribution in [0.5, 0.6) is 0 Å². The molecule has 3 rings (SSSR count). The molecule has 1 aliphatic carbocycles. The Bertz CT molecular complexity index is 489. The van der Waals surface area contributed by atoms with Gasteiger partial charge >= 0.3 is 6.03 Å². The van der Waals surface area contributed by atoms with Crippen LogP contribution in [0.25, 0.3) is 0 Å². The van der Waals surface area contributed by atoms with Crippen molar-refractivity contribution in [2.24, 2.45) is 5.41 Å². The predicted molar refractivity (Wildman–Crippen MR) is 93.1 cm³/mol. The Morgan fingerprint density at radius 3 is 2.44 bits per heavy atom. The molecule has 1 atom stereocenters. The van der Waals surface area contributed by atoms with E-state index in [1.54, 1.807) is 7.05 Å². The fraction of sp³-hybridized carbons (Fsp3) is 0.889. The highest BCUT2D eigenvalue weighted by Gasteiger charge is 2.42. The minimum Gasteiger partial charge on any atom is -0.389 e. The van der Waals surface area contributed by atoms with Crippen molar-refractivity contribution in [3.8, 4) is 0 Å². The number of piperidine rings is 1. The molecule has 142 valence electrons. The maximum absolute atomic E-state index is 12.4. The Labute approximate surface area is 149 Å². The second kappa shape index (κ2) is 7.50. The summed E-state index contributed by atoms with van der Waals surface area (Å²) in [6, 6.07) is -0.177. The highest BCUT2D eigenvalue weighted by molar-refractivity contribution is 5.77. The summed E-state index contributed by atoms with van der Waals surface area (Å²) in [4.78, 5) is 25.6. The number of hydrogen-bond donors (Lipinski definition) is 3. The zero-order chi connectivity index (χ0) is 17.9. The number of aliphatic hydroxyl groups is 1. The van der Waals surface area contributed by atoms with Crippen molar-refractivity contribution < 1.29 is 19.4 Å². The van der Waals surface area contributed by atoms with E-state index in [1.807, 2.05) is 4.90 Å². The van der Waals surface area contributed by atoms with Crippen molar-refractivity contribution in [3.05, 3.63) is 0 Å². The van der Waals surface area contributed by atoms with Crippen LogP contribution in [0.15, 0.2) is 0 Å². The largest absolute Gasteiger partial charge is 0.389 e. The minimum atomic E-state index is -0.731. The van der Waals surface area contributed by atoms with E-state index in [0.717, 1.165) is 58.0 Å². The van der Waals surface area contributed by atoms with Gasteiger partial charge in [0.15, 0.2) is 0 Å². The average Bonchev–Trinajstić information content (AvgIpc) is 2.60. The highest BCUT2D eigenvalue weighted by Crippen LogP contribution is 2.41. The van der Waals surface area contributed by atoms with Gasteiger partial charge in [0.05, 0.1) is 24.7 Å². The molecular weight excluding hydrogens is 322 g/mol. The van der Waals surface area contributed by atoms with Crippen LogP contribution in [0, 0.1) is 5.41 Å². The lowest BCUT2D eigenvalue weighted by atomic mass is 9.73. The third-order valence-electron chi connectivity index (χ3n) is 6.28. The summed E-state index contributed by atoms with van der Waals surface area (Å²) in [6.45, 7) is 2.77. The number of hydrogen-bond acceptors (Lipinski definition) is 4. The lowest BCUT2D eigenvalue weighted by Gasteiger charge is -2.46. The maximum Gasteiger partial charge on any atom is 0.314 e. The van der Waals surface area contributed by atoms with Gasteiger partial charge in [0.1, 0.15) is 0 Å². The molecule has 0 aromatic carbocycles. The third-order valence-corrected chi connectivity index (χ3v) is 6.28. The van der Waals surface area contributed by atoms with Crippen LogP contribution in [-0.2, 0) is 9.53 Å². The lowest BCUT2D eigenvalue weighted by molar-refractivity contribution is -0.145. The molecule has 3 N–H and O–H groups in total. The monoisotopic (exact) mass is 353 g/mol. The molecule has 1 spiro atoms. The van der Waals surface area contributed by atoms with Crippen LogP contribution >= 0.6 is 0 Å². The van der Waals surface area contributed by atoms with Gasteiger partial charge in [0, 0.05) is 26.7 Å². The van der Waals surface area contributed by atoms with Gasteiger partial charge in [0.25, 0.3) is 0 Å². The normalized spacial score (nSPS) is 27.4. The van der Waals surface area contributed by atoms with Gasteiger partial charge in [-0.2, -0.15) is 0 Å². The van der Waals surface area contributed by atoms with Gasteiger partial charge in [-0.05, 0) is 50.4 Å². The Kier molecular flexibility index (Phi) is 5.53. The van der Waals surface area contributed by atoms with Crippen molar-refractivity contribution in [1.82, 2.24) is 15.5 Å². The lowest BCUT2D eigenvalue weighted by Crippen LogP contribution is -2.51. The summed E-state index contributed by atoms with van der Waals surface area (Å²) in [5.74, 6) is 0.0985. The topological polar surface area (TPSA) is 90.9 Å². The zero-order valence-electron chi connectivity index (χ0n) is 15.2. The van der Waals surface area contributed by atoms with Crippen LogP contribution in [0.1, 0.15) is 51.4 Å². The molecule has 1 unspecified atom stereocenters. The molecule has 1 saturated carbocycles. The van der Waals surface area contributed by atoms with Gasteiger partial charge in [-0.1, -0.05) is 0 Å². The molecule has 3 amide bonds. The molecule has 7 nitrogen and oxygen atoms in total. The highest BCUT2D eigenvalue weighted by atomic mass is 16.5. The molecule has 3 fully saturated rings. The summed E-state index contributed by atoms with van der Waals surface area (Å²) < 4.78 is 5.98. The van der Waals surface area contributed by atoms with Crippen LogP contribution in [0.4, 0.5) is 4.79 Å². The van der Waals surface area contributed by atoms with E-state index >= 15 is 0 Å². The van der Waals surface area contributed by atoms with Crippen LogP contribution in [0.2, 0.25) is 0 Å². The van der Waals surface area contributed by atoms with Crippen molar-refractivity contribution >= 4 is 11.9 Å². The van der Waals surface area contributed by atoms with E-state index < -0.39 is 5.60 Å². The fourth-order valence-electron chi connectivity index (χ4n) is 4.15. The molecule has 0 aromatic rings. The predicted octanol–water partition coefficient (Wildman–Crippen LogP) is 1.01. The van der Waals surface area contributed by atoms with Crippen molar-refractivity contribution in [2.45, 2.75) is 63.1 Å². The van der Waals surface area contributed by atoms with Gasteiger partial charge in [-0.25, -0.2) is 4.79 Å². The van der Waals surface area contributed by atoms with E-state index in [0.29, 0.717) is 13.2 Å². The van der Waals surface area contributed by atoms with E-state index in [9.17, 15) is 14.7 Å². The Morgan fingerprint density at radius 2 is 1.92 bits per heavy atom. The van der Waals surface area contributed by atoms with Crippen LogP contribution < -0.4 is 10.6 Å². The number of nitrogens with one attached hydrogen (secondary N) is 2. The summed E-state index contributed by atoms with van der Waals surface area (Å²) in [7, 11) is 1.60. The zero-order valence-corrected chi connectivity index (χ0v) is 15.2. The maximum atomic E-state index is 12.4. The summed E-state index contributed by atoms with van der Waals surface area (Å²) in [5.41, 5.74) is -0.557. The Hall–Kier alpha value is -1.34. The van der Waals surface area contributed by atoms with E-state index in [2.05, 4.69) is 10.6 Å². The van der Waals surface area contributed by atoms with Gasteiger partial charge in [-0.3, -0.25) is 4.79 Å². The first-order chi connectivity index (χ1) is 11.9. The Morgan fingerprint density at radius 1 is 1.20 bits per heavy atom. The number of carbonyl (C=O) groups excluding carboxylic acids is 2. The molecule has 3 aliphatic rings. The van der Waals surface area contributed by atoms with Crippen molar-refractivity contribution in [3.63, 3.8) is 0 Å². The third kappa shape index (κ3) is 4.44. The van der Waals surface area contributed by atoms with Crippen molar-refractivity contribution in [1.29, 1.82) is 0 Å². The molecular formula is C18H31N3O4. The second-order valence-electron chi connectivity index (χ2n) is 8.07. The van der Waals surface area contributed by atoms with Crippen LogP contribution in [-0.4, -0.2) is 66.9 Å². The van der Waals surface area contributed by atoms with E-state index in [1.165, 1.54) is 0 Å². The van der Waals surface area contributed by atoms with Crippen molar-refractivity contribution in [2.75, 3.05) is 33.3 Å². The minimum absolute atomic E-state index is 0.0791. The average molecular weight is 353 g/mol. The number of nitrogens with zero attached hydrogens (tertiary/aromatic N) is 1. The SMILES string of the molecule is CNC(=O)NCC1CCC2(CCN(C(=O)CC3(O)CCC3)CC2)CO1. The summed E-state index contributed by atoms with van der Waals surface area (Å²) in [5, 5.41) is 15.5. The first-order valence-electron chi connectivity index (χ1n) is 9.51. The molecule has 0 radical (unpaired) electrons. The van der Waals surface area contributed by atoms with E-state index in [-0.39, 0.29) is 29.9 Å². The fourth-order valence-corrected chi connectivity index (χ4v) is 4.15. The molecule has 0 aromatic heterocycles. The standard InChI is InChI=1S/C18H31N3O4/c1-19-16(23)20-12-14-3-6-17(13-25-14)7-9-21(10-8-17)15(22)11-18(24)4-2-5-18/h14,24H,2-13H2,1H3,(H2,19,20,23). The molecule has 0 bridgehead atoms. The number of likely N-dealkylation sites (tertiary alicyclic amines) is 1. The van der Waals surface area contributed by atoms with Crippen LogP contribution in [0.3, 0.4) is 0 Å². The molecule has 2 aliphatic heterocycles. The number of carbonyl (C=O) groups is 2. The number of amides is 3. The quantitative estimate of drug-likeness (QED) is 0.703. The molecule has 2 saturated heterocycles. The number of rotatable bonds is 4. The summed E-state index contributed by atoms with van der Waals surface area (Å²) >= 11 is 0. The van der Waals surface area contributed by atoms with Gasteiger partial charge in [0.2, 0.25) is 5.91 Å². The smallest absolute Gasteiger partial charge is 0.314 e. The first kappa shape index (κ1) is 18.5. The molecule has 2 heterocycles. The summed E-state index contributed by atoms with van der Waals surface area (Å²) in [6.07, 6.45) is 6.86. The van der Waals surface area contributed by atoms with Gasteiger partial charge in [-0.15, -0.1) is 0 Å². The van der Waals surface area contributed by atoms with E-state index in [4.69, 9.17) is 4.74 Å². The molecule has 25 heavy (non-hydrogen) atoms. The molecule has 7 heteroatoms. The van der Waals surface area contributed by atoms with Gasteiger partial charge < -0.3 is 25.4 Å².